The van der Waals surface area contributed by atoms with E-state index in [0.29, 0.717) is 18.6 Å². The number of aliphatic hydroxyl groups is 1. The van der Waals surface area contributed by atoms with Gasteiger partial charge in [-0.1, -0.05) is 19.3 Å². The van der Waals surface area contributed by atoms with E-state index in [1.165, 1.54) is 32.2 Å². The van der Waals surface area contributed by atoms with Crippen LogP contribution in [0, 0.1) is 5.92 Å². The molecule has 2 aliphatic heterocycles. The average Bonchev–Trinajstić information content (AvgIpc) is 2.93. The molecule has 126 valence electrons. The Labute approximate surface area is 134 Å². The first-order chi connectivity index (χ1) is 10.6. The zero-order valence-corrected chi connectivity index (χ0v) is 13.8. The van der Waals surface area contributed by atoms with Crippen molar-refractivity contribution in [3.05, 3.63) is 0 Å². The van der Waals surface area contributed by atoms with Gasteiger partial charge in [0.15, 0.2) is 0 Å². The minimum Gasteiger partial charge on any atom is -0.393 e. The van der Waals surface area contributed by atoms with Crippen LogP contribution in [-0.2, 0) is 0 Å². The molecule has 2 amide bonds. The molecule has 0 bridgehead atoms. The second-order valence-electron chi connectivity index (χ2n) is 7.44. The van der Waals surface area contributed by atoms with Crippen LogP contribution in [-0.4, -0.2) is 65.8 Å². The predicted octanol–water partition coefficient (Wildman–Crippen LogP) is 1.81. The van der Waals surface area contributed by atoms with Crippen LogP contribution in [0.4, 0.5) is 4.79 Å². The summed E-state index contributed by atoms with van der Waals surface area (Å²) in [5.41, 5.74) is 0. The van der Waals surface area contributed by atoms with Gasteiger partial charge in [0.2, 0.25) is 0 Å². The van der Waals surface area contributed by atoms with E-state index in [2.05, 4.69) is 10.2 Å². The first kappa shape index (κ1) is 16.1. The zero-order chi connectivity index (χ0) is 15.5. The molecule has 5 heteroatoms. The van der Waals surface area contributed by atoms with E-state index in [1.807, 2.05) is 7.05 Å². The molecule has 2 N–H and O–H groups in total. The van der Waals surface area contributed by atoms with E-state index < -0.39 is 0 Å². The maximum Gasteiger partial charge on any atom is 0.317 e. The van der Waals surface area contributed by atoms with Gasteiger partial charge in [0.25, 0.3) is 0 Å². The Balaban J connectivity index is 1.48. The van der Waals surface area contributed by atoms with E-state index in [0.717, 1.165) is 32.2 Å². The molecule has 0 spiro atoms. The minimum atomic E-state index is -0.232. The molecule has 2 heterocycles. The summed E-state index contributed by atoms with van der Waals surface area (Å²) in [6.45, 7) is 3.00. The third-order valence-electron chi connectivity index (χ3n) is 5.89. The van der Waals surface area contributed by atoms with Gasteiger partial charge in [-0.05, 0) is 38.6 Å². The zero-order valence-electron chi connectivity index (χ0n) is 13.8. The summed E-state index contributed by atoms with van der Waals surface area (Å²) in [4.78, 5) is 16.8. The topological polar surface area (TPSA) is 55.8 Å². The standard InChI is InChI=1S/C17H31N3O2/c1-19(12-13-6-2-3-8-16(13)21)17(22)18-14-9-11-20-10-5-4-7-15(14)20/h13-16,21H,2-12H2,1H3,(H,18,22)/t13-,14-,15-,16-/m0/s1. The first-order valence-corrected chi connectivity index (χ1v) is 9.09. The van der Waals surface area contributed by atoms with Crippen LogP contribution < -0.4 is 5.32 Å². The van der Waals surface area contributed by atoms with Crippen molar-refractivity contribution < 1.29 is 9.90 Å². The molecule has 3 rings (SSSR count). The van der Waals surface area contributed by atoms with Gasteiger partial charge in [0.05, 0.1) is 6.10 Å². The number of amides is 2. The third-order valence-corrected chi connectivity index (χ3v) is 5.89. The number of carbonyl (C=O) groups is 1. The highest BCUT2D eigenvalue weighted by Crippen LogP contribution is 2.28. The monoisotopic (exact) mass is 309 g/mol. The second kappa shape index (κ2) is 7.18. The summed E-state index contributed by atoms with van der Waals surface area (Å²) in [5, 5.41) is 13.3. The van der Waals surface area contributed by atoms with Crippen LogP contribution >= 0.6 is 0 Å². The van der Waals surface area contributed by atoms with Crippen LogP contribution in [0.1, 0.15) is 51.4 Å². The summed E-state index contributed by atoms with van der Waals surface area (Å²) >= 11 is 0. The maximum atomic E-state index is 12.5. The fraction of sp³-hybridized carbons (Fsp3) is 0.941. The van der Waals surface area contributed by atoms with Crippen LogP contribution in [0.2, 0.25) is 0 Å². The van der Waals surface area contributed by atoms with Crippen molar-refractivity contribution in [3.63, 3.8) is 0 Å². The number of nitrogens with zero attached hydrogens (tertiary/aromatic N) is 2. The van der Waals surface area contributed by atoms with Crippen LogP contribution in [0.5, 0.6) is 0 Å². The quantitative estimate of drug-likeness (QED) is 0.836. The number of hydrogen-bond donors (Lipinski definition) is 2. The molecule has 0 aromatic rings. The number of rotatable bonds is 3. The average molecular weight is 309 g/mol. The molecule has 1 aliphatic carbocycles. The predicted molar refractivity (Wildman–Crippen MR) is 86.7 cm³/mol. The van der Waals surface area contributed by atoms with Gasteiger partial charge >= 0.3 is 6.03 Å². The smallest absolute Gasteiger partial charge is 0.317 e. The molecule has 2 saturated heterocycles. The number of piperidine rings is 1. The molecule has 4 atom stereocenters. The molecule has 3 fully saturated rings. The number of hydrogen-bond acceptors (Lipinski definition) is 3. The van der Waals surface area contributed by atoms with E-state index in [1.54, 1.807) is 4.90 Å². The Bertz CT molecular complexity index is 390. The van der Waals surface area contributed by atoms with Crippen LogP contribution in [0.25, 0.3) is 0 Å². The molecule has 1 saturated carbocycles. The highest BCUT2D eigenvalue weighted by atomic mass is 16.3. The summed E-state index contributed by atoms with van der Waals surface area (Å²) in [6, 6.07) is 0.896. The lowest BCUT2D eigenvalue weighted by molar-refractivity contribution is 0.0560. The van der Waals surface area contributed by atoms with Crippen molar-refractivity contribution in [3.8, 4) is 0 Å². The van der Waals surface area contributed by atoms with Crippen molar-refractivity contribution in [1.29, 1.82) is 0 Å². The van der Waals surface area contributed by atoms with Gasteiger partial charge in [-0.2, -0.15) is 0 Å². The third kappa shape index (κ3) is 3.57. The number of aliphatic hydroxyl groups excluding tert-OH is 1. The van der Waals surface area contributed by atoms with Crippen molar-refractivity contribution >= 4 is 6.03 Å². The van der Waals surface area contributed by atoms with Gasteiger partial charge in [-0.25, -0.2) is 4.79 Å². The molecule has 0 unspecified atom stereocenters. The van der Waals surface area contributed by atoms with E-state index in [-0.39, 0.29) is 18.1 Å². The van der Waals surface area contributed by atoms with Gasteiger partial charge in [-0.3, -0.25) is 4.90 Å². The summed E-state index contributed by atoms with van der Waals surface area (Å²) < 4.78 is 0. The lowest BCUT2D eigenvalue weighted by atomic mass is 9.86. The van der Waals surface area contributed by atoms with Crippen molar-refractivity contribution in [1.82, 2.24) is 15.1 Å². The Hall–Kier alpha value is -0.810. The number of fused-ring (bicyclic) bond motifs is 1. The number of carbonyl (C=O) groups excluding carboxylic acids is 1. The molecule has 0 aromatic carbocycles. The van der Waals surface area contributed by atoms with Crippen molar-refractivity contribution in [2.75, 3.05) is 26.7 Å². The SMILES string of the molecule is CN(C[C@@H]1CCCC[C@@H]1O)C(=O)N[C@H]1CCN2CCCC[C@@H]12. The molecule has 22 heavy (non-hydrogen) atoms. The van der Waals surface area contributed by atoms with Gasteiger partial charge in [0.1, 0.15) is 0 Å². The van der Waals surface area contributed by atoms with E-state index in [4.69, 9.17) is 0 Å². The van der Waals surface area contributed by atoms with Crippen LogP contribution in [0.3, 0.4) is 0 Å². The summed E-state index contributed by atoms with van der Waals surface area (Å²) in [7, 11) is 1.87. The molecular formula is C17H31N3O2. The Morgan fingerprint density at radius 3 is 2.73 bits per heavy atom. The lowest BCUT2D eigenvalue weighted by Crippen LogP contribution is -2.51. The highest BCUT2D eigenvalue weighted by molar-refractivity contribution is 5.74. The molecule has 5 nitrogen and oxygen atoms in total. The second-order valence-corrected chi connectivity index (χ2v) is 7.44. The van der Waals surface area contributed by atoms with E-state index >= 15 is 0 Å². The highest BCUT2D eigenvalue weighted by Gasteiger charge is 2.36. The molecule has 0 radical (unpaired) electrons. The number of nitrogens with one attached hydrogen (secondary N) is 1. The normalized spacial score (nSPS) is 35.9. The lowest BCUT2D eigenvalue weighted by Gasteiger charge is -2.34. The Morgan fingerprint density at radius 2 is 1.91 bits per heavy atom. The Morgan fingerprint density at radius 1 is 1.14 bits per heavy atom. The molecule has 3 aliphatic rings. The summed E-state index contributed by atoms with van der Waals surface area (Å²) in [6.07, 6.45) is 8.88. The fourth-order valence-electron chi connectivity index (χ4n) is 4.52. The molecular weight excluding hydrogens is 278 g/mol. The van der Waals surface area contributed by atoms with Crippen molar-refractivity contribution in [2.45, 2.75) is 69.6 Å². The fourth-order valence-corrected chi connectivity index (χ4v) is 4.52. The van der Waals surface area contributed by atoms with Gasteiger partial charge in [0, 0.05) is 38.1 Å². The van der Waals surface area contributed by atoms with Gasteiger partial charge < -0.3 is 15.3 Å². The Kier molecular flexibility index (Phi) is 5.24. The largest absolute Gasteiger partial charge is 0.393 e. The number of urea groups is 1. The van der Waals surface area contributed by atoms with Crippen LogP contribution in [0.15, 0.2) is 0 Å². The molecule has 0 aromatic heterocycles. The first-order valence-electron chi connectivity index (χ1n) is 9.09. The van der Waals surface area contributed by atoms with Gasteiger partial charge in [-0.15, -0.1) is 0 Å². The van der Waals surface area contributed by atoms with Crippen molar-refractivity contribution in [2.24, 2.45) is 5.92 Å². The summed E-state index contributed by atoms with van der Waals surface area (Å²) in [5.74, 6) is 0.249. The minimum absolute atomic E-state index is 0.0372. The maximum absolute atomic E-state index is 12.5. The van der Waals surface area contributed by atoms with E-state index in [9.17, 15) is 9.90 Å².